The van der Waals surface area contributed by atoms with Crippen LogP contribution in [0.3, 0.4) is 0 Å². The fraction of sp³-hybridized carbons (Fsp3) is 0.947. The van der Waals surface area contributed by atoms with Crippen LogP contribution < -0.4 is 0 Å². The molecule has 0 aromatic carbocycles. The van der Waals surface area contributed by atoms with Crippen LogP contribution >= 0.6 is 0 Å². The highest BCUT2D eigenvalue weighted by Gasteiger charge is 2.38. The lowest BCUT2D eigenvalue weighted by molar-refractivity contribution is -0.117. The fourth-order valence-electron chi connectivity index (χ4n) is 3.57. The van der Waals surface area contributed by atoms with E-state index < -0.39 is 17.6 Å². The zero-order valence-electron chi connectivity index (χ0n) is 19.0. The van der Waals surface area contributed by atoms with E-state index in [1.54, 1.807) is 49.6 Å². The zero-order valence-corrected chi connectivity index (χ0v) is 21.0. The van der Waals surface area contributed by atoms with E-state index in [0.29, 0.717) is 12.3 Å². The summed E-state index contributed by atoms with van der Waals surface area (Å²) in [4.78, 5) is 11.3. The van der Waals surface area contributed by atoms with E-state index in [1.165, 1.54) is 0 Å². The Balaban J connectivity index is 4.52. The number of hydrogen-bond donors (Lipinski definition) is 0. The predicted molar refractivity (Wildman–Crippen MR) is 114 cm³/mol. The molecule has 1 unspecified atom stereocenters. The van der Waals surface area contributed by atoms with E-state index in [2.05, 4.69) is 0 Å². The summed E-state index contributed by atoms with van der Waals surface area (Å²) in [5.41, 5.74) is 0. The van der Waals surface area contributed by atoms with Gasteiger partial charge in [0.2, 0.25) is 0 Å². The molecule has 9 heteroatoms. The molecular formula is C19H42O7Si2. The van der Waals surface area contributed by atoms with E-state index in [-0.39, 0.29) is 5.78 Å². The molecule has 0 aliphatic heterocycles. The molecule has 0 spiro atoms. The highest BCUT2D eigenvalue weighted by molar-refractivity contribution is 6.60. The smallest absolute Gasteiger partial charge is 0.377 e. The minimum Gasteiger partial charge on any atom is -0.377 e. The van der Waals surface area contributed by atoms with Crippen LogP contribution in [-0.4, -0.2) is 66.1 Å². The van der Waals surface area contributed by atoms with Gasteiger partial charge >= 0.3 is 17.6 Å². The lowest BCUT2D eigenvalue weighted by Gasteiger charge is -2.26. The Hall–Kier alpha value is -0.136. The number of unbranched alkanes of at least 4 members (excludes halogenated alkanes) is 1. The van der Waals surface area contributed by atoms with Crippen LogP contribution in [0.4, 0.5) is 0 Å². The van der Waals surface area contributed by atoms with Gasteiger partial charge in [0.15, 0.2) is 0 Å². The Morgan fingerprint density at radius 2 is 1.04 bits per heavy atom. The van der Waals surface area contributed by atoms with Crippen LogP contribution in [-0.2, 0) is 31.4 Å². The lowest BCUT2D eigenvalue weighted by atomic mass is 9.91. The molecule has 0 fully saturated rings. The molecule has 0 N–H and O–H groups in total. The van der Waals surface area contributed by atoms with Crippen molar-refractivity contribution in [1.82, 2.24) is 0 Å². The van der Waals surface area contributed by atoms with Crippen LogP contribution in [0.5, 0.6) is 0 Å². The average molecular weight is 439 g/mol. The summed E-state index contributed by atoms with van der Waals surface area (Å²) >= 11 is 0. The summed E-state index contributed by atoms with van der Waals surface area (Å²) in [5.74, 6) is 0.847. The van der Waals surface area contributed by atoms with Crippen LogP contribution in [0.1, 0.15) is 58.3 Å². The Morgan fingerprint density at radius 3 is 1.46 bits per heavy atom. The second kappa shape index (κ2) is 15.7. The highest BCUT2D eigenvalue weighted by Crippen LogP contribution is 2.27. The van der Waals surface area contributed by atoms with Gasteiger partial charge in [-0.05, 0) is 32.1 Å². The molecule has 1 atom stereocenters. The number of carbonyl (C=O) groups excluding carboxylic acids is 1. The van der Waals surface area contributed by atoms with Gasteiger partial charge in [-0.1, -0.05) is 25.7 Å². The van der Waals surface area contributed by atoms with Gasteiger partial charge in [-0.15, -0.1) is 0 Å². The standard InChI is InChI=1S/C19H42O7Si2/c1-18(20)12-10-14-19(15-11-17-28(24-5,25-6)26-7)13-8-9-16-27(21-2,22-3)23-4/h19H,8-17H2,1-7H3. The third-order valence-corrected chi connectivity index (χ3v) is 11.1. The molecular weight excluding hydrogens is 396 g/mol. The second-order valence-corrected chi connectivity index (χ2v) is 13.4. The molecule has 7 nitrogen and oxygen atoms in total. The first-order valence-corrected chi connectivity index (χ1v) is 14.0. The Kier molecular flexibility index (Phi) is 15.6. The van der Waals surface area contributed by atoms with E-state index in [9.17, 15) is 4.79 Å². The SMILES string of the molecule is CO[Si](CCCCC(CCCC(C)=O)CCC[Si](OC)(OC)OC)(OC)OC. The number of carbonyl (C=O) groups is 1. The monoisotopic (exact) mass is 438 g/mol. The van der Waals surface area contributed by atoms with Crippen molar-refractivity contribution in [2.24, 2.45) is 5.92 Å². The molecule has 0 saturated heterocycles. The van der Waals surface area contributed by atoms with Gasteiger partial charge in [0.1, 0.15) is 5.78 Å². The highest BCUT2D eigenvalue weighted by atomic mass is 28.4. The van der Waals surface area contributed by atoms with Gasteiger partial charge in [0.25, 0.3) is 0 Å². The van der Waals surface area contributed by atoms with E-state index >= 15 is 0 Å². The fourth-order valence-corrected chi connectivity index (χ4v) is 7.11. The van der Waals surface area contributed by atoms with Crippen molar-refractivity contribution >= 4 is 23.4 Å². The summed E-state index contributed by atoms with van der Waals surface area (Å²) in [5, 5.41) is 0. The molecule has 0 aliphatic rings. The maximum atomic E-state index is 11.3. The topological polar surface area (TPSA) is 72.5 Å². The molecule has 0 aliphatic carbocycles. The molecule has 0 saturated carbocycles. The first-order valence-electron chi connectivity index (χ1n) is 10.2. The number of hydrogen-bond acceptors (Lipinski definition) is 7. The van der Waals surface area contributed by atoms with Crippen molar-refractivity contribution in [2.45, 2.75) is 70.4 Å². The van der Waals surface area contributed by atoms with Gasteiger partial charge in [-0.3, -0.25) is 0 Å². The van der Waals surface area contributed by atoms with E-state index in [0.717, 1.165) is 57.0 Å². The summed E-state index contributed by atoms with van der Waals surface area (Å²) in [6.45, 7) is 1.66. The van der Waals surface area contributed by atoms with Crippen molar-refractivity contribution in [1.29, 1.82) is 0 Å². The van der Waals surface area contributed by atoms with Gasteiger partial charge in [0.05, 0.1) is 0 Å². The zero-order chi connectivity index (χ0) is 21.5. The van der Waals surface area contributed by atoms with Gasteiger partial charge in [-0.2, -0.15) is 0 Å². The molecule has 0 aromatic heterocycles. The normalized spacial score (nSPS) is 13.7. The van der Waals surface area contributed by atoms with Gasteiger partial charge in [-0.25, -0.2) is 0 Å². The lowest BCUT2D eigenvalue weighted by Crippen LogP contribution is -2.42. The second-order valence-electron chi connectivity index (χ2n) is 7.19. The minimum atomic E-state index is -2.51. The van der Waals surface area contributed by atoms with Crippen LogP contribution in [0.2, 0.25) is 12.1 Å². The van der Waals surface area contributed by atoms with E-state index in [4.69, 9.17) is 26.6 Å². The predicted octanol–water partition coefficient (Wildman–Crippen LogP) is 4.07. The molecule has 0 bridgehead atoms. The molecule has 0 rings (SSSR count). The van der Waals surface area contributed by atoms with Gasteiger partial charge < -0.3 is 31.4 Å². The minimum absolute atomic E-state index is 0.263. The summed E-state index contributed by atoms with van der Waals surface area (Å²) < 4.78 is 33.0. The maximum absolute atomic E-state index is 11.3. The van der Waals surface area contributed by atoms with E-state index in [1.807, 2.05) is 0 Å². The van der Waals surface area contributed by atoms with Crippen LogP contribution in [0, 0.1) is 5.92 Å². The largest absolute Gasteiger partial charge is 0.500 e. The van der Waals surface area contributed by atoms with Gasteiger partial charge in [0, 0.05) is 61.2 Å². The maximum Gasteiger partial charge on any atom is 0.500 e. The number of Topliss-reactive ketones (excluding diaryl/α,β-unsaturated/α-hetero) is 1. The van der Waals surface area contributed by atoms with Crippen molar-refractivity contribution in [3.8, 4) is 0 Å². The third kappa shape index (κ3) is 10.6. The Labute approximate surface area is 174 Å². The van der Waals surface area contributed by atoms with Crippen molar-refractivity contribution in [3.05, 3.63) is 0 Å². The first-order chi connectivity index (χ1) is 13.4. The molecule has 0 heterocycles. The first kappa shape index (κ1) is 27.9. The summed E-state index contributed by atoms with van der Waals surface area (Å²) in [6.07, 6.45) is 8.01. The van der Waals surface area contributed by atoms with Crippen molar-refractivity contribution in [3.63, 3.8) is 0 Å². The molecule has 28 heavy (non-hydrogen) atoms. The van der Waals surface area contributed by atoms with Crippen molar-refractivity contribution in [2.75, 3.05) is 42.7 Å². The molecule has 0 radical (unpaired) electrons. The van der Waals surface area contributed by atoms with Crippen LogP contribution in [0.15, 0.2) is 0 Å². The average Bonchev–Trinajstić information content (AvgIpc) is 2.71. The third-order valence-electron chi connectivity index (χ3n) is 5.45. The quantitative estimate of drug-likeness (QED) is 0.222. The van der Waals surface area contributed by atoms with Crippen molar-refractivity contribution < 1.29 is 31.4 Å². The summed E-state index contributed by atoms with van der Waals surface area (Å²) in [6, 6.07) is 1.64. The molecule has 0 amide bonds. The summed E-state index contributed by atoms with van der Waals surface area (Å²) in [7, 11) is 4.93. The molecule has 168 valence electrons. The Morgan fingerprint density at radius 1 is 0.643 bits per heavy atom. The Bertz CT molecular complexity index is 385. The number of ketones is 1. The molecule has 0 aromatic rings. The number of rotatable bonds is 19. The van der Waals surface area contributed by atoms with Crippen LogP contribution in [0.25, 0.3) is 0 Å².